The van der Waals surface area contributed by atoms with Crippen LogP contribution in [0.1, 0.15) is 19.8 Å². The monoisotopic (exact) mass is 209 g/mol. The first kappa shape index (κ1) is 12.9. The molecule has 0 aromatic carbocycles. The van der Waals surface area contributed by atoms with Crippen molar-refractivity contribution in [3.63, 3.8) is 0 Å². The lowest BCUT2D eigenvalue weighted by Gasteiger charge is -1.92. The average molecular weight is 209 g/mol. The summed E-state index contributed by atoms with van der Waals surface area (Å²) in [7, 11) is -1.77. The lowest BCUT2D eigenvalue weighted by Crippen LogP contribution is -2.25. The van der Waals surface area contributed by atoms with Crippen LogP contribution in [-0.2, 0) is 13.6 Å². The zero-order valence-corrected chi connectivity index (χ0v) is 8.83. The molecule has 1 rings (SSSR count). The number of nitrogens with two attached hydrogens (primary N) is 2. The fourth-order valence-electron chi connectivity index (χ4n) is 0.520. The Hall–Kier alpha value is -0.0600. The molecule has 0 aromatic heterocycles. The van der Waals surface area contributed by atoms with E-state index in [0.29, 0.717) is 19.8 Å². The zero-order valence-electron chi connectivity index (χ0n) is 7.94. The SMILES string of the molecule is CC(N)CN.O=[P+]1OCCCCO1. The maximum atomic E-state index is 10.4. The largest absolute Gasteiger partial charge is 0.697 e. The molecule has 1 aliphatic heterocycles. The molecular weight excluding hydrogens is 191 g/mol. The average Bonchev–Trinajstić information content (AvgIpc) is 2.33. The normalized spacial score (nSPS) is 19.8. The molecule has 13 heavy (non-hydrogen) atoms. The van der Waals surface area contributed by atoms with Gasteiger partial charge < -0.3 is 11.5 Å². The molecule has 0 radical (unpaired) electrons. The summed E-state index contributed by atoms with van der Waals surface area (Å²) in [5.74, 6) is 0. The van der Waals surface area contributed by atoms with Crippen LogP contribution in [0.15, 0.2) is 0 Å². The van der Waals surface area contributed by atoms with E-state index in [9.17, 15) is 4.57 Å². The lowest BCUT2D eigenvalue weighted by atomic mass is 10.3. The van der Waals surface area contributed by atoms with Crippen molar-refractivity contribution < 1.29 is 13.6 Å². The van der Waals surface area contributed by atoms with E-state index in [1.807, 2.05) is 6.92 Å². The molecule has 0 spiro atoms. The standard InChI is InChI=1S/C4H8O3P.C3H10N2/c5-8-6-3-1-2-4-7-8;1-3(5)2-4/h1-4H2;3H,2,4-5H2,1H3/q+1;. The van der Waals surface area contributed by atoms with Gasteiger partial charge in [-0.1, -0.05) is 0 Å². The summed E-state index contributed by atoms with van der Waals surface area (Å²) in [4.78, 5) is 0. The Morgan fingerprint density at radius 3 is 2.08 bits per heavy atom. The summed E-state index contributed by atoms with van der Waals surface area (Å²) in [6.07, 6.45) is 1.92. The van der Waals surface area contributed by atoms with Gasteiger partial charge in [0.2, 0.25) is 0 Å². The van der Waals surface area contributed by atoms with Crippen LogP contribution in [0.2, 0.25) is 0 Å². The van der Waals surface area contributed by atoms with Crippen molar-refractivity contribution >= 4 is 8.25 Å². The predicted octanol–water partition coefficient (Wildman–Crippen LogP) is 0.763. The highest BCUT2D eigenvalue weighted by Gasteiger charge is 2.21. The second-order valence-corrected chi connectivity index (χ2v) is 3.77. The van der Waals surface area contributed by atoms with E-state index in [-0.39, 0.29) is 6.04 Å². The third-order valence-corrected chi connectivity index (χ3v) is 2.09. The van der Waals surface area contributed by atoms with Gasteiger partial charge in [0.25, 0.3) is 0 Å². The van der Waals surface area contributed by atoms with Gasteiger partial charge in [-0.05, 0) is 19.8 Å². The second-order valence-electron chi connectivity index (χ2n) is 2.81. The van der Waals surface area contributed by atoms with Gasteiger partial charge in [-0.25, -0.2) is 0 Å². The van der Waals surface area contributed by atoms with E-state index in [1.54, 1.807) is 0 Å². The molecular formula is C7H18N2O3P+. The van der Waals surface area contributed by atoms with Gasteiger partial charge in [-0.15, -0.1) is 9.05 Å². The highest BCUT2D eigenvalue weighted by molar-refractivity contribution is 7.33. The van der Waals surface area contributed by atoms with Gasteiger partial charge in [-0.3, -0.25) is 0 Å². The Kier molecular flexibility index (Phi) is 8.49. The van der Waals surface area contributed by atoms with Gasteiger partial charge in [0, 0.05) is 17.2 Å². The van der Waals surface area contributed by atoms with Crippen LogP contribution in [0, 0.1) is 0 Å². The molecule has 78 valence electrons. The van der Waals surface area contributed by atoms with Crippen LogP contribution in [0.5, 0.6) is 0 Å². The van der Waals surface area contributed by atoms with Crippen LogP contribution in [0.25, 0.3) is 0 Å². The van der Waals surface area contributed by atoms with E-state index in [2.05, 4.69) is 9.05 Å². The Bertz CT molecular complexity index is 134. The number of rotatable bonds is 1. The van der Waals surface area contributed by atoms with Crippen molar-refractivity contribution in [1.82, 2.24) is 0 Å². The smallest absolute Gasteiger partial charge is 0.329 e. The van der Waals surface area contributed by atoms with Crippen LogP contribution >= 0.6 is 8.25 Å². The molecule has 0 bridgehead atoms. The molecule has 1 fully saturated rings. The molecule has 1 heterocycles. The minimum absolute atomic E-state index is 0.162. The van der Waals surface area contributed by atoms with Crippen molar-refractivity contribution in [2.75, 3.05) is 19.8 Å². The maximum absolute atomic E-state index is 10.4. The molecule has 4 N–H and O–H groups in total. The number of hydrogen-bond acceptors (Lipinski definition) is 5. The Morgan fingerprint density at radius 2 is 1.77 bits per heavy atom. The zero-order chi connectivity index (χ0) is 10.1. The molecule has 6 heteroatoms. The van der Waals surface area contributed by atoms with Gasteiger partial charge in [0.1, 0.15) is 13.2 Å². The highest BCUT2D eigenvalue weighted by Crippen LogP contribution is 2.26. The van der Waals surface area contributed by atoms with Crippen molar-refractivity contribution in [1.29, 1.82) is 0 Å². The molecule has 1 unspecified atom stereocenters. The minimum atomic E-state index is -1.77. The molecule has 5 nitrogen and oxygen atoms in total. The van der Waals surface area contributed by atoms with Crippen molar-refractivity contribution in [2.45, 2.75) is 25.8 Å². The lowest BCUT2D eigenvalue weighted by molar-refractivity contribution is 0.263. The van der Waals surface area contributed by atoms with Crippen molar-refractivity contribution in [3.8, 4) is 0 Å². The quantitative estimate of drug-likeness (QED) is 0.622. The van der Waals surface area contributed by atoms with Crippen LogP contribution < -0.4 is 11.5 Å². The molecule has 1 atom stereocenters. The summed E-state index contributed by atoms with van der Waals surface area (Å²) in [6, 6.07) is 0.162. The van der Waals surface area contributed by atoms with Crippen LogP contribution in [0.3, 0.4) is 0 Å². The van der Waals surface area contributed by atoms with E-state index < -0.39 is 8.25 Å². The summed E-state index contributed by atoms with van der Waals surface area (Å²) < 4.78 is 19.8. The summed E-state index contributed by atoms with van der Waals surface area (Å²) in [5, 5.41) is 0. The first-order valence-corrected chi connectivity index (χ1v) is 5.45. The summed E-state index contributed by atoms with van der Waals surface area (Å²) in [5.41, 5.74) is 10.2. The summed E-state index contributed by atoms with van der Waals surface area (Å²) >= 11 is 0. The third kappa shape index (κ3) is 9.86. The minimum Gasteiger partial charge on any atom is -0.329 e. The van der Waals surface area contributed by atoms with Gasteiger partial charge in [0.05, 0.1) is 0 Å². The molecule has 1 saturated heterocycles. The highest BCUT2D eigenvalue weighted by atomic mass is 31.1. The predicted molar refractivity (Wildman–Crippen MR) is 51.4 cm³/mol. The molecule has 0 aliphatic carbocycles. The van der Waals surface area contributed by atoms with Crippen LogP contribution in [-0.4, -0.2) is 25.8 Å². The van der Waals surface area contributed by atoms with Gasteiger partial charge >= 0.3 is 8.25 Å². The van der Waals surface area contributed by atoms with E-state index in [4.69, 9.17) is 11.5 Å². The maximum Gasteiger partial charge on any atom is 0.697 e. The topological polar surface area (TPSA) is 87.6 Å². The van der Waals surface area contributed by atoms with E-state index in [0.717, 1.165) is 12.8 Å². The molecule has 0 amide bonds. The Morgan fingerprint density at radius 1 is 1.38 bits per heavy atom. The van der Waals surface area contributed by atoms with Crippen molar-refractivity contribution in [2.24, 2.45) is 11.5 Å². The number of hydrogen-bond donors (Lipinski definition) is 2. The Labute approximate surface area is 79.7 Å². The van der Waals surface area contributed by atoms with Gasteiger partial charge in [0.15, 0.2) is 0 Å². The fourth-order valence-corrected chi connectivity index (χ4v) is 1.15. The first-order valence-electron chi connectivity index (χ1n) is 4.35. The van der Waals surface area contributed by atoms with E-state index in [1.165, 1.54) is 0 Å². The molecule has 1 aliphatic rings. The van der Waals surface area contributed by atoms with E-state index >= 15 is 0 Å². The summed E-state index contributed by atoms with van der Waals surface area (Å²) in [6.45, 7) is 3.62. The van der Waals surface area contributed by atoms with Crippen molar-refractivity contribution in [3.05, 3.63) is 0 Å². The second kappa shape index (κ2) is 8.53. The molecule has 0 saturated carbocycles. The fraction of sp³-hybridized carbons (Fsp3) is 1.00. The molecule has 0 aromatic rings. The van der Waals surface area contributed by atoms with Gasteiger partial charge in [-0.2, -0.15) is 0 Å². The van der Waals surface area contributed by atoms with Crippen LogP contribution in [0.4, 0.5) is 0 Å². The Balaban J connectivity index is 0.000000252. The third-order valence-electron chi connectivity index (χ3n) is 1.30. The first-order chi connectivity index (χ1) is 6.16.